The maximum atomic E-state index is 12.7. The Morgan fingerprint density at radius 2 is 1.67 bits per heavy atom. The summed E-state index contributed by atoms with van der Waals surface area (Å²) in [7, 11) is 0. The van der Waals surface area contributed by atoms with Crippen LogP contribution >= 0.6 is 11.3 Å². The highest BCUT2D eigenvalue weighted by atomic mass is 32.1. The summed E-state index contributed by atoms with van der Waals surface area (Å²) in [6.45, 7) is 0.321. The highest BCUT2D eigenvalue weighted by Gasteiger charge is 2.39. The molecule has 0 aliphatic rings. The zero-order valence-electron chi connectivity index (χ0n) is 20.1. The van der Waals surface area contributed by atoms with Gasteiger partial charge < -0.3 is 20.0 Å². The van der Waals surface area contributed by atoms with Gasteiger partial charge in [-0.25, -0.2) is 0 Å². The van der Waals surface area contributed by atoms with Crippen LogP contribution in [-0.2, 0) is 22.6 Å². The highest BCUT2D eigenvalue weighted by Crippen LogP contribution is 2.22. The number of nitrogens with one attached hydrogen (secondary N) is 1. The molecule has 0 saturated carbocycles. The molecule has 1 amide bonds. The van der Waals surface area contributed by atoms with Crippen molar-refractivity contribution in [2.45, 2.75) is 25.2 Å². The van der Waals surface area contributed by atoms with E-state index in [1.54, 1.807) is 42.5 Å². The largest absolute Gasteiger partial charge is 0.548 e. The van der Waals surface area contributed by atoms with Gasteiger partial charge >= 0.3 is 17.0 Å². The molecule has 0 saturated heterocycles. The van der Waals surface area contributed by atoms with Gasteiger partial charge in [0.1, 0.15) is 12.4 Å². The summed E-state index contributed by atoms with van der Waals surface area (Å²) in [4.78, 5) is 47.3. The van der Waals surface area contributed by atoms with Crippen LogP contribution in [0.5, 0.6) is 5.75 Å². The monoisotopic (exact) mass is 557 g/mol. The third-order valence-electron chi connectivity index (χ3n) is 5.76. The quantitative estimate of drug-likeness (QED) is 0.300. The molecule has 0 bridgehead atoms. The van der Waals surface area contributed by atoms with Crippen LogP contribution < -0.4 is 20.0 Å². The molecule has 0 radical (unpaired) electrons. The van der Waals surface area contributed by atoms with E-state index in [0.29, 0.717) is 32.7 Å². The summed E-state index contributed by atoms with van der Waals surface area (Å²) in [6, 6.07) is 17.9. The number of carboxylic acid groups (broad SMARTS) is 1. The topological polar surface area (TPSA) is 118 Å². The lowest BCUT2D eigenvalue weighted by molar-refractivity contribution is -0.308. The van der Waals surface area contributed by atoms with E-state index in [9.17, 15) is 37.5 Å². The van der Waals surface area contributed by atoms with Gasteiger partial charge in [0.25, 0.3) is 0 Å². The van der Waals surface area contributed by atoms with Crippen LogP contribution in [0.4, 0.5) is 13.2 Å². The molecule has 0 fully saturated rings. The Labute approximate surface area is 223 Å². The average molecular weight is 558 g/mol. The fourth-order valence-corrected chi connectivity index (χ4v) is 4.78. The van der Waals surface area contributed by atoms with Crippen molar-refractivity contribution >= 4 is 39.2 Å². The molecule has 0 spiro atoms. The minimum Gasteiger partial charge on any atom is -0.548 e. The summed E-state index contributed by atoms with van der Waals surface area (Å²) < 4.78 is 45.2. The number of amides is 1. The van der Waals surface area contributed by atoms with E-state index >= 15 is 0 Å². The number of carbonyl (C=O) groups is 3. The van der Waals surface area contributed by atoms with Crippen molar-refractivity contribution in [1.82, 2.24) is 9.88 Å². The number of carboxylic acids is 1. The van der Waals surface area contributed by atoms with Crippen LogP contribution in [0.2, 0.25) is 0 Å². The highest BCUT2D eigenvalue weighted by molar-refractivity contribution is 7.16. The normalized spacial score (nSPS) is 12.2. The molecular formula is C27H20F3N2O6S-. The van der Waals surface area contributed by atoms with Crippen molar-refractivity contribution in [2.75, 3.05) is 6.61 Å². The van der Waals surface area contributed by atoms with Crippen molar-refractivity contribution in [3.63, 3.8) is 0 Å². The van der Waals surface area contributed by atoms with Gasteiger partial charge in [-0.3, -0.25) is 19.0 Å². The maximum Gasteiger partial charge on any atom is 0.471 e. The Balaban J connectivity index is 1.37. The van der Waals surface area contributed by atoms with E-state index in [2.05, 4.69) is 0 Å². The summed E-state index contributed by atoms with van der Waals surface area (Å²) in [5, 5.41) is 12.6. The van der Waals surface area contributed by atoms with Gasteiger partial charge in [0.05, 0.1) is 28.8 Å². The third-order valence-corrected chi connectivity index (χ3v) is 6.70. The van der Waals surface area contributed by atoms with Crippen molar-refractivity contribution < 1.29 is 37.4 Å². The lowest BCUT2D eigenvalue weighted by atomic mass is 10.0. The molecule has 0 aliphatic heterocycles. The summed E-state index contributed by atoms with van der Waals surface area (Å²) in [5.74, 6) is -3.98. The first kappa shape index (κ1) is 27.6. The number of hydrogen-bond donors (Lipinski definition) is 1. The van der Waals surface area contributed by atoms with Crippen molar-refractivity contribution in [1.29, 1.82) is 0 Å². The number of benzene rings is 3. The molecule has 3 aromatic carbocycles. The van der Waals surface area contributed by atoms with E-state index in [1.807, 2.05) is 6.07 Å². The summed E-state index contributed by atoms with van der Waals surface area (Å²) in [6.07, 6.45) is -5.64. The van der Waals surface area contributed by atoms with Gasteiger partial charge in [0.2, 0.25) is 0 Å². The Bertz CT molecular complexity index is 1560. The molecule has 8 nitrogen and oxygen atoms in total. The number of ether oxygens (including phenoxy) is 1. The smallest absolute Gasteiger partial charge is 0.471 e. The number of aliphatic carboxylic acids is 1. The van der Waals surface area contributed by atoms with Gasteiger partial charge in [-0.2, -0.15) is 13.2 Å². The van der Waals surface area contributed by atoms with Crippen molar-refractivity contribution in [3.05, 3.63) is 99.2 Å². The molecular weight excluding hydrogens is 537 g/mol. The number of rotatable bonds is 10. The number of ketones is 1. The molecule has 1 aromatic heterocycles. The molecule has 4 aromatic rings. The third kappa shape index (κ3) is 6.71. The van der Waals surface area contributed by atoms with Crippen LogP contribution in [0.3, 0.4) is 0 Å². The molecule has 1 unspecified atom stereocenters. The number of fused-ring (bicyclic) bond motifs is 1. The number of hydrogen-bond acceptors (Lipinski definition) is 7. The number of nitrogens with zero attached hydrogens (tertiary/aromatic N) is 1. The van der Waals surface area contributed by atoms with Gasteiger partial charge in [0, 0.05) is 11.1 Å². The standard InChI is InChI=1S/C27H21F3N2O6S/c28-27(29,30)25(36)31-20(24(34)35)14-16-6-9-19(10-7-16)38-13-12-32-21-11-8-18(15-22(21)39-26(32)37)23(33)17-4-2-1-3-5-17/h1-11,15,20H,12-14H2,(H,31,36)(H,34,35)/p-1. The van der Waals surface area contributed by atoms with Crippen LogP contribution in [0.1, 0.15) is 21.5 Å². The fraction of sp³-hybridized carbons (Fsp3) is 0.185. The van der Waals surface area contributed by atoms with Gasteiger partial charge in [-0.05, 0) is 42.3 Å². The van der Waals surface area contributed by atoms with Crippen molar-refractivity contribution in [3.8, 4) is 5.75 Å². The summed E-state index contributed by atoms with van der Waals surface area (Å²) >= 11 is 1.01. The zero-order valence-corrected chi connectivity index (χ0v) is 20.9. The molecule has 1 heterocycles. The number of aromatic nitrogens is 1. The predicted molar refractivity (Wildman–Crippen MR) is 135 cm³/mol. The fourth-order valence-electron chi connectivity index (χ4n) is 3.82. The average Bonchev–Trinajstić information content (AvgIpc) is 3.22. The second kappa shape index (κ2) is 11.5. The zero-order chi connectivity index (χ0) is 28.2. The van der Waals surface area contributed by atoms with E-state index in [4.69, 9.17) is 4.74 Å². The Morgan fingerprint density at radius 1 is 0.974 bits per heavy atom. The number of thiazole rings is 1. The number of carbonyl (C=O) groups excluding carboxylic acids is 3. The summed E-state index contributed by atoms with van der Waals surface area (Å²) in [5.41, 5.74) is 2.00. The number of halogens is 3. The molecule has 0 aliphatic carbocycles. The Kier molecular flexibility index (Phi) is 8.15. The van der Waals surface area contributed by atoms with Crippen molar-refractivity contribution in [2.24, 2.45) is 0 Å². The van der Waals surface area contributed by atoms with Crippen LogP contribution in [-0.4, -0.2) is 41.1 Å². The lowest BCUT2D eigenvalue weighted by Gasteiger charge is -2.20. The van der Waals surface area contributed by atoms with E-state index in [0.717, 1.165) is 11.3 Å². The second-order valence-corrected chi connectivity index (χ2v) is 9.43. The second-order valence-electron chi connectivity index (χ2n) is 8.44. The van der Waals surface area contributed by atoms with Gasteiger partial charge in [-0.1, -0.05) is 53.8 Å². The number of alkyl halides is 3. The first-order chi connectivity index (χ1) is 18.5. The molecule has 4 rings (SSSR count). The molecule has 39 heavy (non-hydrogen) atoms. The van der Waals surface area contributed by atoms with E-state index in [-0.39, 0.29) is 23.8 Å². The van der Waals surface area contributed by atoms with Crippen LogP contribution in [0, 0.1) is 0 Å². The van der Waals surface area contributed by atoms with Crippen LogP contribution in [0.25, 0.3) is 10.2 Å². The lowest BCUT2D eigenvalue weighted by Crippen LogP contribution is -2.52. The molecule has 202 valence electrons. The van der Waals surface area contributed by atoms with Gasteiger partial charge in [0.15, 0.2) is 5.78 Å². The first-order valence-electron chi connectivity index (χ1n) is 11.6. The predicted octanol–water partition coefficient (Wildman–Crippen LogP) is 2.71. The SMILES string of the molecule is O=C(c1ccccc1)c1ccc2c(c1)sc(=O)n2CCOc1ccc(CC(NC(=O)C(F)(F)F)C(=O)[O-])cc1. The minimum atomic E-state index is -5.22. The van der Waals surface area contributed by atoms with Gasteiger partial charge in [-0.15, -0.1) is 0 Å². The maximum absolute atomic E-state index is 12.7. The first-order valence-corrected chi connectivity index (χ1v) is 12.4. The van der Waals surface area contributed by atoms with E-state index in [1.165, 1.54) is 34.1 Å². The Morgan fingerprint density at radius 3 is 2.31 bits per heavy atom. The molecule has 12 heteroatoms. The van der Waals surface area contributed by atoms with E-state index < -0.39 is 30.5 Å². The Hall–Kier alpha value is -4.45. The van der Waals surface area contributed by atoms with Crippen LogP contribution in [0.15, 0.2) is 77.6 Å². The molecule has 1 atom stereocenters. The minimum absolute atomic E-state index is 0.110. The molecule has 1 N–H and O–H groups in total.